The number of nitrogens with zero attached hydrogens (tertiary/aromatic N) is 4. The predicted octanol–water partition coefficient (Wildman–Crippen LogP) is 5.55. The highest BCUT2D eigenvalue weighted by Crippen LogP contribution is 2.28. The average Bonchev–Trinajstić information content (AvgIpc) is 3.28. The van der Waals surface area contributed by atoms with Crippen molar-refractivity contribution in [1.29, 1.82) is 0 Å². The number of hydrogen-bond acceptors (Lipinski definition) is 6. The molecule has 2 heterocycles. The number of amides is 2. The molecule has 2 aliphatic heterocycles. The van der Waals surface area contributed by atoms with Crippen LogP contribution in [-0.4, -0.2) is 97.1 Å². The molecule has 0 unspecified atom stereocenters. The van der Waals surface area contributed by atoms with Gasteiger partial charge in [0.25, 0.3) is 0 Å². The summed E-state index contributed by atoms with van der Waals surface area (Å²) in [6.45, 7) is 11.0. The fourth-order valence-corrected chi connectivity index (χ4v) is 6.16. The highest BCUT2D eigenvalue weighted by molar-refractivity contribution is 5.91. The molecule has 0 bridgehead atoms. The minimum absolute atomic E-state index is 0.0613. The molecule has 2 fully saturated rings. The number of nitrogens with one attached hydrogen (secondary N) is 1. The maximum Gasteiger partial charge on any atom is 0.411 e. The van der Waals surface area contributed by atoms with E-state index in [9.17, 15) is 9.59 Å². The average molecular weight is 598 g/mol. The molecule has 2 amide bonds. The summed E-state index contributed by atoms with van der Waals surface area (Å²) in [7, 11) is 2.18. The summed E-state index contributed by atoms with van der Waals surface area (Å²) >= 11 is 0. The highest BCUT2D eigenvalue weighted by Gasteiger charge is 2.23. The molecule has 234 valence electrons. The van der Waals surface area contributed by atoms with Crippen molar-refractivity contribution in [3.8, 4) is 11.1 Å². The van der Waals surface area contributed by atoms with Crippen LogP contribution in [0.25, 0.3) is 11.1 Å². The Bertz CT molecular complexity index is 1340. The molecular formula is C36H47N5O3. The molecule has 0 saturated carbocycles. The van der Waals surface area contributed by atoms with Crippen LogP contribution in [0.1, 0.15) is 37.3 Å². The van der Waals surface area contributed by atoms with Crippen molar-refractivity contribution < 1.29 is 14.3 Å². The first-order valence-corrected chi connectivity index (χ1v) is 16.0. The van der Waals surface area contributed by atoms with Crippen molar-refractivity contribution in [2.45, 2.75) is 45.4 Å². The molecule has 0 aromatic heterocycles. The van der Waals surface area contributed by atoms with Gasteiger partial charge in [-0.1, -0.05) is 72.8 Å². The molecule has 8 nitrogen and oxygen atoms in total. The van der Waals surface area contributed by atoms with Crippen LogP contribution >= 0.6 is 0 Å². The second kappa shape index (κ2) is 15.8. The van der Waals surface area contributed by atoms with Crippen LogP contribution in [-0.2, 0) is 22.6 Å². The third-order valence-corrected chi connectivity index (χ3v) is 8.77. The number of piperidine rings is 1. The van der Waals surface area contributed by atoms with Gasteiger partial charge >= 0.3 is 6.09 Å². The van der Waals surface area contributed by atoms with Crippen molar-refractivity contribution in [3.63, 3.8) is 0 Å². The Labute approximate surface area is 262 Å². The van der Waals surface area contributed by atoms with E-state index in [2.05, 4.69) is 51.3 Å². The summed E-state index contributed by atoms with van der Waals surface area (Å²) in [6, 6.07) is 26.9. The molecule has 0 atom stereocenters. The van der Waals surface area contributed by atoms with Crippen LogP contribution < -0.4 is 5.32 Å². The standard InChI is InChI=1S/C36H47N5O3/c1-29(42)41-20-8-19-40(25-26-41)28-31-15-13-30(14-16-31)27-38(2)23-24-39-21-17-33(18-22-39)44-36(43)37-35-12-7-6-11-34(35)32-9-4-3-5-10-32/h3-7,9-16,33H,8,17-28H2,1-2H3,(H,37,43). The van der Waals surface area contributed by atoms with Crippen molar-refractivity contribution in [1.82, 2.24) is 19.6 Å². The molecule has 0 spiro atoms. The zero-order chi connectivity index (χ0) is 30.7. The quantitative estimate of drug-likeness (QED) is 0.331. The van der Waals surface area contributed by atoms with Gasteiger partial charge in [0, 0.05) is 77.9 Å². The molecule has 0 radical (unpaired) electrons. The zero-order valence-corrected chi connectivity index (χ0v) is 26.3. The van der Waals surface area contributed by atoms with E-state index in [0.717, 1.165) is 102 Å². The number of carbonyl (C=O) groups excluding carboxylic acids is 2. The first-order chi connectivity index (χ1) is 21.4. The lowest BCUT2D eigenvalue weighted by molar-refractivity contribution is -0.128. The van der Waals surface area contributed by atoms with E-state index in [1.54, 1.807) is 6.92 Å². The van der Waals surface area contributed by atoms with Gasteiger partial charge in [0.05, 0.1) is 5.69 Å². The number of carbonyl (C=O) groups is 2. The Hall–Kier alpha value is -3.72. The number of ether oxygens (including phenoxy) is 1. The van der Waals surface area contributed by atoms with Gasteiger partial charge in [0.2, 0.25) is 5.91 Å². The SMILES string of the molecule is CC(=O)N1CCCN(Cc2ccc(CN(C)CCN3CCC(OC(=O)Nc4ccccc4-c4ccccc4)CC3)cc2)CC1. The van der Waals surface area contributed by atoms with E-state index in [4.69, 9.17) is 4.74 Å². The zero-order valence-electron chi connectivity index (χ0n) is 26.3. The number of rotatable bonds is 10. The second-order valence-corrected chi connectivity index (χ2v) is 12.2. The molecule has 2 aliphatic rings. The van der Waals surface area contributed by atoms with E-state index in [0.29, 0.717) is 0 Å². The van der Waals surface area contributed by atoms with Crippen LogP contribution in [0.2, 0.25) is 0 Å². The van der Waals surface area contributed by atoms with Gasteiger partial charge in [-0.25, -0.2) is 4.79 Å². The fourth-order valence-electron chi connectivity index (χ4n) is 6.16. The molecule has 0 aliphatic carbocycles. The van der Waals surface area contributed by atoms with E-state index in [1.807, 2.05) is 59.5 Å². The monoisotopic (exact) mass is 597 g/mol. The van der Waals surface area contributed by atoms with Gasteiger partial charge in [-0.3, -0.25) is 15.0 Å². The van der Waals surface area contributed by atoms with Crippen molar-refractivity contribution in [2.75, 3.05) is 64.7 Å². The molecule has 5 rings (SSSR count). The fraction of sp³-hybridized carbons (Fsp3) is 0.444. The van der Waals surface area contributed by atoms with Crippen LogP contribution in [0, 0.1) is 0 Å². The van der Waals surface area contributed by atoms with Crippen LogP contribution in [0.3, 0.4) is 0 Å². The van der Waals surface area contributed by atoms with Crippen molar-refractivity contribution >= 4 is 17.7 Å². The smallest absolute Gasteiger partial charge is 0.411 e. The summed E-state index contributed by atoms with van der Waals surface area (Å²) in [5.41, 5.74) is 5.45. The summed E-state index contributed by atoms with van der Waals surface area (Å²) in [6.07, 6.45) is 2.29. The summed E-state index contributed by atoms with van der Waals surface area (Å²) in [4.78, 5) is 33.7. The number of likely N-dealkylation sites (tertiary alicyclic amines) is 1. The Morgan fingerprint density at radius 1 is 0.818 bits per heavy atom. The number of para-hydroxylation sites is 1. The topological polar surface area (TPSA) is 68.4 Å². The van der Waals surface area contributed by atoms with Gasteiger partial charge in [0.15, 0.2) is 0 Å². The Morgan fingerprint density at radius 2 is 1.52 bits per heavy atom. The molecule has 2 saturated heterocycles. The predicted molar refractivity (Wildman–Crippen MR) is 176 cm³/mol. The maximum atomic E-state index is 12.7. The minimum atomic E-state index is -0.386. The normalized spacial score (nSPS) is 16.9. The van der Waals surface area contributed by atoms with Gasteiger partial charge in [-0.2, -0.15) is 0 Å². The number of likely N-dealkylation sites (N-methyl/N-ethyl adjacent to an activating group) is 1. The third-order valence-electron chi connectivity index (χ3n) is 8.77. The third kappa shape index (κ3) is 9.39. The van der Waals surface area contributed by atoms with E-state index in [1.165, 1.54) is 11.1 Å². The summed E-state index contributed by atoms with van der Waals surface area (Å²) < 4.78 is 5.81. The van der Waals surface area contributed by atoms with E-state index >= 15 is 0 Å². The Kier molecular flexibility index (Phi) is 11.4. The molecule has 1 N–H and O–H groups in total. The largest absolute Gasteiger partial charge is 0.446 e. The van der Waals surface area contributed by atoms with Crippen molar-refractivity contribution in [3.05, 3.63) is 90.0 Å². The lowest BCUT2D eigenvalue weighted by Crippen LogP contribution is -2.41. The first kappa shape index (κ1) is 31.7. The molecule has 3 aromatic rings. The van der Waals surface area contributed by atoms with Gasteiger partial charge in [-0.15, -0.1) is 0 Å². The maximum absolute atomic E-state index is 12.7. The molecule has 8 heteroatoms. The summed E-state index contributed by atoms with van der Waals surface area (Å²) in [5, 5.41) is 2.97. The van der Waals surface area contributed by atoms with Crippen molar-refractivity contribution in [2.24, 2.45) is 0 Å². The number of anilines is 1. The van der Waals surface area contributed by atoms with Gasteiger partial charge in [-0.05, 0) is 49.1 Å². The van der Waals surface area contributed by atoms with E-state index in [-0.39, 0.29) is 18.1 Å². The molecule has 44 heavy (non-hydrogen) atoms. The minimum Gasteiger partial charge on any atom is -0.446 e. The number of benzene rings is 3. The van der Waals surface area contributed by atoms with Gasteiger partial charge < -0.3 is 19.4 Å². The van der Waals surface area contributed by atoms with Crippen LogP contribution in [0.5, 0.6) is 0 Å². The second-order valence-electron chi connectivity index (χ2n) is 12.2. The number of hydrogen-bond donors (Lipinski definition) is 1. The lowest BCUT2D eigenvalue weighted by Gasteiger charge is -2.32. The lowest BCUT2D eigenvalue weighted by atomic mass is 10.0. The first-order valence-electron chi connectivity index (χ1n) is 16.0. The van der Waals surface area contributed by atoms with E-state index < -0.39 is 0 Å². The molecule has 3 aromatic carbocycles. The van der Waals surface area contributed by atoms with Gasteiger partial charge in [0.1, 0.15) is 6.10 Å². The van der Waals surface area contributed by atoms with Crippen LogP contribution in [0.4, 0.5) is 10.5 Å². The summed E-state index contributed by atoms with van der Waals surface area (Å²) in [5.74, 6) is 0.181. The molecular weight excluding hydrogens is 550 g/mol. The highest BCUT2D eigenvalue weighted by atomic mass is 16.6. The van der Waals surface area contributed by atoms with Crippen LogP contribution in [0.15, 0.2) is 78.9 Å². The Morgan fingerprint density at radius 3 is 2.27 bits per heavy atom. The Balaban J connectivity index is 0.990.